The second kappa shape index (κ2) is 7.92. The van der Waals surface area contributed by atoms with Crippen LogP contribution in [-0.4, -0.2) is 38.5 Å². The Hall–Kier alpha value is -1.26. The number of hydrogen-bond acceptors (Lipinski definition) is 4. The molecule has 0 amide bonds. The summed E-state index contributed by atoms with van der Waals surface area (Å²) >= 11 is 0. The average molecular weight is 238 g/mol. The Bertz CT molecular complexity index is 310. The predicted octanol–water partition coefficient (Wildman–Crippen LogP) is 1.23. The van der Waals surface area contributed by atoms with Gasteiger partial charge in [0.25, 0.3) is 0 Å². The molecule has 0 radical (unpaired) electrons. The topological polar surface area (TPSA) is 58.7 Å². The van der Waals surface area contributed by atoms with E-state index in [1.165, 1.54) is 0 Å². The molecule has 0 aliphatic carbocycles. The van der Waals surface area contributed by atoms with E-state index in [9.17, 15) is 0 Å². The van der Waals surface area contributed by atoms with Crippen LogP contribution in [0.25, 0.3) is 0 Å². The molecule has 4 heteroatoms. The third kappa shape index (κ3) is 4.63. The van der Waals surface area contributed by atoms with Crippen molar-refractivity contribution < 1.29 is 9.84 Å². The Kier molecular flexibility index (Phi) is 6.43. The summed E-state index contributed by atoms with van der Waals surface area (Å²) in [6.45, 7) is 2.63. The summed E-state index contributed by atoms with van der Waals surface area (Å²) in [5.41, 5.74) is 6.66. The molecule has 0 fully saturated rings. The maximum atomic E-state index is 8.91. The Labute approximate surface area is 103 Å². The molecule has 1 rings (SSSR count). The van der Waals surface area contributed by atoms with Crippen LogP contribution in [0.4, 0.5) is 5.69 Å². The monoisotopic (exact) mass is 238 g/mol. The van der Waals surface area contributed by atoms with Crippen molar-refractivity contribution in [3.8, 4) is 5.75 Å². The molecule has 0 spiro atoms. The minimum atomic E-state index is 0.211. The lowest BCUT2D eigenvalue weighted by Gasteiger charge is -2.24. The largest absolute Gasteiger partial charge is 0.497 e. The molecule has 1 aromatic carbocycles. The highest BCUT2D eigenvalue weighted by molar-refractivity contribution is 5.50. The van der Waals surface area contributed by atoms with E-state index >= 15 is 0 Å². The maximum Gasteiger partial charge on any atom is 0.120 e. The number of nitrogens with zero attached hydrogens (tertiary/aromatic N) is 1. The van der Waals surface area contributed by atoms with Crippen LogP contribution >= 0.6 is 0 Å². The quantitative estimate of drug-likeness (QED) is 0.715. The van der Waals surface area contributed by atoms with E-state index < -0.39 is 0 Å². The molecule has 0 saturated carbocycles. The molecular weight excluding hydrogens is 216 g/mol. The minimum Gasteiger partial charge on any atom is -0.497 e. The fraction of sp³-hybridized carbons (Fsp3) is 0.538. The predicted molar refractivity (Wildman–Crippen MR) is 70.6 cm³/mol. The number of hydrogen-bond donors (Lipinski definition) is 2. The molecular formula is C13H22N2O2. The first-order valence-corrected chi connectivity index (χ1v) is 6.01. The van der Waals surface area contributed by atoms with Gasteiger partial charge >= 0.3 is 0 Å². The third-order valence-electron chi connectivity index (χ3n) is 2.64. The number of methoxy groups -OCH3 is 1. The summed E-state index contributed by atoms with van der Waals surface area (Å²) in [5.74, 6) is 0.851. The van der Waals surface area contributed by atoms with Crippen molar-refractivity contribution in [2.24, 2.45) is 5.73 Å². The van der Waals surface area contributed by atoms with E-state index in [4.69, 9.17) is 15.6 Å². The van der Waals surface area contributed by atoms with Crippen molar-refractivity contribution in [1.82, 2.24) is 0 Å². The van der Waals surface area contributed by atoms with Crippen molar-refractivity contribution in [3.63, 3.8) is 0 Å². The molecule has 0 heterocycles. The SMILES string of the molecule is COc1cccc(N(CCCN)CCCO)c1. The molecule has 0 bridgehead atoms. The van der Waals surface area contributed by atoms with E-state index in [1.54, 1.807) is 7.11 Å². The first-order chi connectivity index (χ1) is 8.31. The highest BCUT2D eigenvalue weighted by Gasteiger charge is 2.06. The van der Waals surface area contributed by atoms with Gasteiger partial charge in [0.15, 0.2) is 0 Å². The van der Waals surface area contributed by atoms with Gasteiger partial charge in [0, 0.05) is 31.5 Å². The van der Waals surface area contributed by atoms with Crippen LogP contribution < -0.4 is 15.4 Å². The highest BCUT2D eigenvalue weighted by atomic mass is 16.5. The van der Waals surface area contributed by atoms with Gasteiger partial charge in [0.1, 0.15) is 5.75 Å². The Morgan fingerprint density at radius 2 is 2.06 bits per heavy atom. The Morgan fingerprint density at radius 3 is 2.71 bits per heavy atom. The van der Waals surface area contributed by atoms with E-state index in [2.05, 4.69) is 11.0 Å². The number of nitrogens with two attached hydrogens (primary N) is 1. The second-order valence-electron chi connectivity index (χ2n) is 3.91. The lowest BCUT2D eigenvalue weighted by molar-refractivity contribution is 0.289. The van der Waals surface area contributed by atoms with Gasteiger partial charge in [-0.25, -0.2) is 0 Å². The van der Waals surface area contributed by atoms with E-state index in [1.807, 2.05) is 18.2 Å². The molecule has 0 aromatic heterocycles. The zero-order chi connectivity index (χ0) is 12.5. The molecule has 0 unspecified atom stereocenters. The lowest BCUT2D eigenvalue weighted by Crippen LogP contribution is -2.27. The van der Waals surface area contributed by atoms with Crippen LogP contribution in [0.2, 0.25) is 0 Å². The van der Waals surface area contributed by atoms with Crippen LogP contribution in [0.15, 0.2) is 24.3 Å². The van der Waals surface area contributed by atoms with Gasteiger partial charge in [-0.05, 0) is 31.5 Å². The van der Waals surface area contributed by atoms with Crippen LogP contribution in [0.5, 0.6) is 5.75 Å². The van der Waals surface area contributed by atoms with Gasteiger partial charge in [-0.15, -0.1) is 0 Å². The number of anilines is 1. The molecule has 0 aliphatic heterocycles. The zero-order valence-corrected chi connectivity index (χ0v) is 10.4. The van der Waals surface area contributed by atoms with Crippen LogP contribution in [-0.2, 0) is 0 Å². The Morgan fingerprint density at radius 1 is 1.29 bits per heavy atom. The van der Waals surface area contributed by atoms with Gasteiger partial charge in [-0.2, -0.15) is 0 Å². The van der Waals surface area contributed by atoms with Gasteiger partial charge < -0.3 is 20.5 Å². The molecule has 4 nitrogen and oxygen atoms in total. The van der Waals surface area contributed by atoms with E-state index in [-0.39, 0.29) is 6.61 Å². The number of aliphatic hydroxyl groups excluding tert-OH is 1. The summed E-state index contributed by atoms with van der Waals surface area (Å²) in [4.78, 5) is 2.23. The zero-order valence-electron chi connectivity index (χ0n) is 10.4. The second-order valence-corrected chi connectivity index (χ2v) is 3.91. The first-order valence-electron chi connectivity index (χ1n) is 6.01. The van der Waals surface area contributed by atoms with Crippen molar-refractivity contribution in [2.45, 2.75) is 12.8 Å². The molecule has 0 atom stereocenters. The van der Waals surface area contributed by atoms with Crippen LogP contribution in [0, 0.1) is 0 Å². The summed E-state index contributed by atoms with van der Waals surface area (Å²) in [6.07, 6.45) is 1.71. The third-order valence-corrected chi connectivity index (χ3v) is 2.64. The maximum absolute atomic E-state index is 8.91. The highest BCUT2D eigenvalue weighted by Crippen LogP contribution is 2.21. The van der Waals surface area contributed by atoms with Gasteiger partial charge in [0.2, 0.25) is 0 Å². The minimum absolute atomic E-state index is 0.211. The first kappa shape index (κ1) is 13.8. The van der Waals surface area contributed by atoms with E-state index in [0.717, 1.165) is 37.4 Å². The van der Waals surface area contributed by atoms with Crippen molar-refractivity contribution >= 4 is 5.69 Å². The number of rotatable bonds is 8. The number of benzene rings is 1. The van der Waals surface area contributed by atoms with Gasteiger partial charge in [-0.3, -0.25) is 0 Å². The Balaban J connectivity index is 2.71. The van der Waals surface area contributed by atoms with Gasteiger partial charge in [0.05, 0.1) is 7.11 Å². The molecule has 3 N–H and O–H groups in total. The number of aliphatic hydroxyl groups is 1. The molecule has 96 valence electrons. The van der Waals surface area contributed by atoms with Crippen LogP contribution in [0.3, 0.4) is 0 Å². The van der Waals surface area contributed by atoms with Gasteiger partial charge in [-0.1, -0.05) is 6.07 Å². The standard InChI is InChI=1S/C13H22N2O2/c1-17-13-6-2-5-12(11-13)15(8-3-7-14)9-4-10-16/h2,5-6,11,16H,3-4,7-10,14H2,1H3. The van der Waals surface area contributed by atoms with Crippen LogP contribution in [0.1, 0.15) is 12.8 Å². The van der Waals surface area contributed by atoms with E-state index in [0.29, 0.717) is 6.54 Å². The lowest BCUT2D eigenvalue weighted by atomic mass is 10.2. The normalized spacial score (nSPS) is 10.3. The van der Waals surface area contributed by atoms with Crippen molar-refractivity contribution in [3.05, 3.63) is 24.3 Å². The molecule has 17 heavy (non-hydrogen) atoms. The van der Waals surface area contributed by atoms with Crippen molar-refractivity contribution in [2.75, 3.05) is 38.3 Å². The summed E-state index contributed by atoms with van der Waals surface area (Å²) in [7, 11) is 1.66. The molecule has 0 aliphatic rings. The summed E-state index contributed by atoms with van der Waals surface area (Å²) < 4.78 is 5.21. The summed E-state index contributed by atoms with van der Waals surface area (Å²) in [6, 6.07) is 7.96. The fourth-order valence-corrected chi connectivity index (χ4v) is 1.72. The molecule has 1 aromatic rings. The van der Waals surface area contributed by atoms with Crippen molar-refractivity contribution in [1.29, 1.82) is 0 Å². The number of ether oxygens (including phenoxy) is 1. The molecule has 0 saturated heterocycles. The average Bonchev–Trinajstić information content (AvgIpc) is 2.39. The summed E-state index contributed by atoms with van der Waals surface area (Å²) in [5, 5.41) is 8.91. The smallest absolute Gasteiger partial charge is 0.120 e. The fourth-order valence-electron chi connectivity index (χ4n) is 1.72.